The molecule has 0 saturated carbocycles. The van der Waals surface area contributed by atoms with Crippen molar-refractivity contribution in [2.24, 2.45) is 5.41 Å². The van der Waals surface area contributed by atoms with E-state index in [9.17, 15) is 4.39 Å². The summed E-state index contributed by atoms with van der Waals surface area (Å²) in [5.74, 6) is 0.288. The van der Waals surface area contributed by atoms with E-state index in [4.69, 9.17) is 5.41 Å². The van der Waals surface area contributed by atoms with E-state index in [1.807, 2.05) is 6.92 Å². The molecule has 0 atom stereocenters. The Morgan fingerprint density at radius 2 is 2.06 bits per heavy atom. The minimum absolute atomic E-state index is 0.105. The highest BCUT2D eigenvalue weighted by molar-refractivity contribution is 5.97. The van der Waals surface area contributed by atoms with E-state index >= 15 is 0 Å². The van der Waals surface area contributed by atoms with Gasteiger partial charge in [0.1, 0.15) is 11.7 Å². The quantitative estimate of drug-likeness (QED) is 0.557. The summed E-state index contributed by atoms with van der Waals surface area (Å²) in [6.45, 7) is 5.86. The zero-order valence-electron chi connectivity index (χ0n) is 10.9. The van der Waals surface area contributed by atoms with E-state index in [-0.39, 0.29) is 11.2 Å². The highest BCUT2D eigenvalue weighted by Gasteiger charge is 2.31. The minimum atomic E-state index is -0.238. The van der Waals surface area contributed by atoms with Crippen molar-refractivity contribution in [3.05, 3.63) is 29.6 Å². The zero-order valence-corrected chi connectivity index (χ0v) is 10.9. The Balaban J connectivity index is 2.11. The van der Waals surface area contributed by atoms with Gasteiger partial charge in [-0.2, -0.15) is 0 Å². The maximum absolute atomic E-state index is 13.0. The fourth-order valence-corrected chi connectivity index (χ4v) is 2.28. The summed E-state index contributed by atoms with van der Waals surface area (Å²) in [5, 5.41) is 14.7. The van der Waals surface area contributed by atoms with Crippen molar-refractivity contribution in [1.29, 1.82) is 5.41 Å². The maximum atomic E-state index is 13.0. The third-order valence-electron chi connectivity index (χ3n) is 3.76. The van der Waals surface area contributed by atoms with E-state index in [1.54, 1.807) is 6.07 Å². The predicted molar refractivity (Wildman–Crippen MR) is 72.7 cm³/mol. The Morgan fingerprint density at radius 1 is 1.39 bits per heavy atom. The second-order valence-electron chi connectivity index (χ2n) is 5.27. The molecule has 1 heterocycles. The van der Waals surface area contributed by atoms with Gasteiger partial charge in [0.25, 0.3) is 0 Å². The SMILES string of the molecule is Cc1cc(F)ccc1NC(=N)C1(C)CCNCC1. The van der Waals surface area contributed by atoms with Gasteiger partial charge < -0.3 is 10.6 Å². The molecule has 4 heteroatoms. The molecule has 0 aromatic heterocycles. The van der Waals surface area contributed by atoms with Crippen LogP contribution in [0.4, 0.5) is 10.1 Å². The molecule has 3 N–H and O–H groups in total. The molecule has 0 unspecified atom stereocenters. The smallest absolute Gasteiger partial charge is 0.123 e. The monoisotopic (exact) mass is 249 g/mol. The van der Waals surface area contributed by atoms with Gasteiger partial charge in [-0.3, -0.25) is 5.41 Å². The average Bonchev–Trinajstić information content (AvgIpc) is 2.33. The van der Waals surface area contributed by atoms with Crippen LogP contribution in [0.5, 0.6) is 0 Å². The van der Waals surface area contributed by atoms with Crippen molar-refractivity contribution in [2.75, 3.05) is 18.4 Å². The summed E-state index contributed by atoms with van der Waals surface area (Å²) in [5.41, 5.74) is 1.55. The van der Waals surface area contributed by atoms with E-state index in [2.05, 4.69) is 17.6 Å². The van der Waals surface area contributed by atoms with Crippen LogP contribution in [0.1, 0.15) is 25.3 Å². The molecule has 0 bridgehead atoms. The lowest BCUT2D eigenvalue weighted by Gasteiger charge is -2.35. The van der Waals surface area contributed by atoms with Crippen molar-refractivity contribution in [3.8, 4) is 0 Å². The first-order valence-electron chi connectivity index (χ1n) is 6.34. The number of hydrogen-bond donors (Lipinski definition) is 3. The van der Waals surface area contributed by atoms with Gasteiger partial charge in [0.15, 0.2) is 0 Å². The Bertz CT molecular complexity index is 450. The fourth-order valence-electron chi connectivity index (χ4n) is 2.28. The largest absolute Gasteiger partial charge is 0.344 e. The van der Waals surface area contributed by atoms with Gasteiger partial charge in [-0.25, -0.2) is 4.39 Å². The van der Waals surface area contributed by atoms with Gasteiger partial charge in [-0.15, -0.1) is 0 Å². The number of aryl methyl sites for hydroxylation is 1. The summed E-state index contributed by atoms with van der Waals surface area (Å²) < 4.78 is 13.0. The molecule has 18 heavy (non-hydrogen) atoms. The number of rotatable bonds is 2. The van der Waals surface area contributed by atoms with Crippen molar-refractivity contribution in [1.82, 2.24) is 5.32 Å². The van der Waals surface area contributed by atoms with E-state index in [0.29, 0.717) is 5.84 Å². The van der Waals surface area contributed by atoms with Gasteiger partial charge in [-0.05, 0) is 56.6 Å². The van der Waals surface area contributed by atoms with Crippen LogP contribution in [0.25, 0.3) is 0 Å². The molecular weight excluding hydrogens is 229 g/mol. The summed E-state index contributed by atoms with van der Waals surface area (Å²) in [6.07, 6.45) is 1.91. The zero-order chi connectivity index (χ0) is 13.2. The fraction of sp³-hybridized carbons (Fsp3) is 0.500. The highest BCUT2D eigenvalue weighted by Crippen LogP contribution is 2.30. The van der Waals surface area contributed by atoms with Crippen molar-refractivity contribution in [3.63, 3.8) is 0 Å². The van der Waals surface area contributed by atoms with Crippen LogP contribution in [0.2, 0.25) is 0 Å². The van der Waals surface area contributed by atoms with Crippen molar-refractivity contribution >= 4 is 11.5 Å². The first kappa shape index (κ1) is 13.0. The van der Waals surface area contributed by atoms with Crippen molar-refractivity contribution < 1.29 is 4.39 Å². The molecule has 1 saturated heterocycles. The molecule has 1 aliphatic heterocycles. The van der Waals surface area contributed by atoms with Gasteiger partial charge in [-0.1, -0.05) is 6.92 Å². The summed E-state index contributed by atoms with van der Waals surface area (Å²) in [7, 11) is 0. The van der Waals surface area contributed by atoms with E-state index < -0.39 is 0 Å². The number of hydrogen-bond acceptors (Lipinski definition) is 2. The maximum Gasteiger partial charge on any atom is 0.123 e. The number of amidine groups is 1. The number of benzene rings is 1. The van der Waals surface area contributed by atoms with Crippen LogP contribution in [-0.2, 0) is 0 Å². The Morgan fingerprint density at radius 3 is 2.67 bits per heavy atom. The molecule has 2 rings (SSSR count). The van der Waals surface area contributed by atoms with Crippen LogP contribution in [0, 0.1) is 23.6 Å². The molecular formula is C14H20FN3. The van der Waals surface area contributed by atoms with Crippen molar-refractivity contribution in [2.45, 2.75) is 26.7 Å². The topological polar surface area (TPSA) is 47.9 Å². The second kappa shape index (κ2) is 5.06. The normalized spacial score (nSPS) is 18.4. The standard InChI is InChI=1S/C14H20FN3/c1-10-9-11(15)3-4-12(10)18-13(16)14(2)5-7-17-8-6-14/h3-4,9,17H,5-8H2,1-2H3,(H2,16,18). The highest BCUT2D eigenvalue weighted by atomic mass is 19.1. The first-order chi connectivity index (χ1) is 8.51. The van der Waals surface area contributed by atoms with Crippen LogP contribution in [0.15, 0.2) is 18.2 Å². The molecule has 0 spiro atoms. The number of nitrogens with one attached hydrogen (secondary N) is 3. The molecule has 0 radical (unpaired) electrons. The molecule has 1 aromatic rings. The molecule has 98 valence electrons. The lowest BCUT2D eigenvalue weighted by atomic mass is 9.79. The van der Waals surface area contributed by atoms with Gasteiger partial charge in [0.2, 0.25) is 0 Å². The predicted octanol–water partition coefficient (Wildman–Crippen LogP) is 2.91. The minimum Gasteiger partial charge on any atom is -0.344 e. The first-order valence-corrected chi connectivity index (χ1v) is 6.34. The Kier molecular flexibility index (Phi) is 3.66. The Labute approximate surface area is 107 Å². The lowest BCUT2D eigenvalue weighted by molar-refractivity contribution is 0.326. The average molecular weight is 249 g/mol. The Hall–Kier alpha value is -1.42. The van der Waals surface area contributed by atoms with Gasteiger partial charge >= 0.3 is 0 Å². The van der Waals surface area contributed by atoms with Crippen LogP contribution in [0.3, 0.4) is 0 Å². The third kappa shape index (κ3) is 2.70. The molecule has 1 aliphatic rings. The summed E-state index contributed by atoms with van der Waals surface area (Å²) >= 11 is 0. The number of piperidine rings is 1. The second-order valence-corrected chi connectivity index (χ2v) is 5.27. The van der Waals surface area contributed by atoms with Crippen LogP contribution in [-0.4, -0.2) is 18.9 Å². The molecule has 0 aliphatic carbocycles. The van der Waals surface area contributed by atoms with E-state index in [0.717, 1.165) is 37.2 Å². The molecule has 3 nitrogen and oxygen atoms in total. The van der Waals surface area contributed by atoms with Crippen LogP contribution >= 0.6 is 0 Å². The van der Waals surface area contributed by atoms with Crippen LogP contribution < -0.4 is 10.6 Å². The summed E-state index contributed by atoms with van der Waals surface area (Å²) in [6, 6.07) is 4.61. The van der Waals surface area contributed by atoms with Gasteiger partial charge in [0.05, 0.1) is 0 Å². The summed E-state index contributed by atoms with van der Waals surface area (Å²) in [4.78, 5) is 0. The lowest BCUT2D eigenvalue weighted by Crippen LogP contribution is -2.42. The molecule has 1 aromatic carbocycles. The number of halogens is 1. The molecule has 1 fully saturated rings. The van der Waals surface area contributed by atoms with E-state index in [1.165, 1.54) is 12.1 Å². The van der Waals surface area contributed by atoms with Gasteiger partial charge in [0, 0.05) is 11.1 Å². The third-order valence-corrected chi connectivity index (χ3v) is 3.76. The number of anilines is 1. The molecule has 0 amide bonds.